The van der Waals surface area contributed by atoms with Crippen LogP contribution in [0, 0.1) is 12.0 Å². The molecule has 0 unspecified atom stereocenters. The smallest absolute Gasteiger partial charge is 0.140 e. The Kier molecular flexibility index (Phi) is 5.19. The van der Waals surface area contributed by atoms with Crippen molar-refractivity contribution in [1.82, 2.24) is 14.5 Å². The number of pyridine rings is 2. The zero-order valence-electron chi connectivity index (χ0n) is 15.4. The van der Waals surface area contributed by atoms with Gasteiger partial charge < -0.3 is 9.30 Å². The van der Waals surface area contributed by atoms with E-state index in [9.17, 15) is 0 Å². The van der Waals surface area contributed by atoms with Crippen molar-refractivity contribution in [2.24, 2.45) is 5.92 Å². The molecule has 4 rings (SSSR count). The molecule has 0 aliphatic heterocycles. The average Bonchev–Trinajstić information content (AvgIpc) is 3.02. The zero-order valence-corrected chi connectivity index (χ0v) is 15.4. The molecular weight excluding hydrogens is 322 g/mol. The number of nitrogens with zero attached hydrogens (tertiary/aromatic N) is 3. The summed E-state index contributed by atoms with van der Waals surface area (Å²) in [5.74, 6) is 1.59. The predicted molar refractivity (Wildman–Crippen MR) is 103 cm³/mol. The second-order valence-electron chi connectivity index (χ2n) is 7.19. The Morgan fingerprint density at radius 3 is 2.85 bits per heavy atom. The van der Waals surface area contributed by atoms with Gasteiger partial charge in [0.05, 0.1) is 12.8 Å². The third kappa shape index (κ3) is 3.74. The normalized spacial score (nSPS) is 15.4. The van der Waals surface area contributed by atoms with Crippen LogP contribution in [0.5, 0.6) is 5.75 Å². The van der Waals surface area contributed by atoms with Crippen molar-refractivity contribution in [3.8, 4) is 5.75 Å². The van der Waals surface area contributed by atoms with Gasteiger partial charge in [0, 0.05) is 42.0 Å². The van der Waals surface area contributed by atoms with Gasteiger partial charge in [-0.1, -0.05) is 19.3 Å². The Hall–Kier alpha value is -2.36. The lowest BCUT2D eigenvalue weighted by atomic mass is 9.89. The van der Waals surface area contributed by atoms with Crippen molar-refractivity contribution >= 4 is 11.0 Å². The van der Waals surface area contributed by atoms with Crippen molar-refractivity contribution in [1.29, 1.82) is 0 Å². The van der Waals surface area contributed by atoms with Crippen LogP contribution in [0.2, 0.25) is 0 Å². The molecule has 3 aromatic rings. The van der Waals surface area contributed by atoms with Crippen LogP contribution in [0.3, 0.4) is 0 Å². The predicted octanol–water partition coefficient (Wildman–Crippen LogP) is 4.80. The maximum atomic E-state index is 5.50. The lowest BCUT2D eigenvalue weighted by Gasteiger charge is -2.23. The molecule has 3 heterocycles. The summed E-state index contributed by atoms with van der Waals surface area (Å²) in [6, 6.07) is 11.5. The molecule has 0 N–H and O–H groups in total. The third-order valence-electron chi connectivity index (χ3n) is 5.32. The molecule has 4 heteroatoms. The Morgan fingerprint density at radius 2 is 2.08 bits per heavy atom. The first-order chi connectivity index (χ1) is 12.8. The van der Waals surface area contributed by atoms with E-state index in [1.54, 1.807) is 6.20 Å². The standard InChI is InChI=1S/C22H26N3O/c1-2-26-21-11-10-19(24-15-21)14-20-13-18-9-6-12-23-22(18)25(20)16-17-7-4-3-5-8-17/h9-13,15,17H,2-5,7-8,14,16H2,1H3. The lowest BCUT2D eigenvalue weighted by Crippen LogP contribution is -2.16. The number of rotatable bonds is 6. The van der Waals surface area contributed by atoms with Crippen LogP contribution >= 0.6 is 0 Å². The molecule has 1 aliphatic carbocycles. The molecule has 26 heavy (non-hydrogen) atoms. The average molecular weight is 348 g/mol. The minimum absolute atomic E-state index is 0.666. The highest BCUT2D eigenvalue weighted by Crippen LogP contribution is 2.28. The number of aromatic nitrogens is 3. The van der Waals surface area contributed by atoms with Crippen molar-refractivity contribution in [3.63, 3.8) is 0 Å². The van der Waals surface area contributed by atoms with Gasteiger partial charge in [-0.3, -0.25) is 4.98 Å². The largest absolute Gasteiger partial charge is 0.492 e. The van der Waals surface area contributed by atoms with E-state index in [1.165, 1.54) is 43.2 Å². The highest BCUT2D eigenvalue weighted by atomic mass is 16.5. The SMILES string of the molecule is CCOc1ccc(Cc2cc3c[c]cnc3n2CC2CCCCC2)nc1. The summed E-state index contributed by atoms with van der Waals surface area (Å²) in [6.45, 7) is 3.72. The first-order valence-corrected chi connectivity index (χ1v) is 9.75. The van der Waals surface area contributed by atoms with Crippen molar-refractivity contribution in [2.75, 3.05) is 6.61 Å². The number of fused-ring (bicyclic) bond motifs is 1. The topological polar surface area (TPSA) is 39.9 Å². The molecule has 135 valence electrons. The van der Waals surface area contributed by atoms with Gasteiger partial charge in [-0.15, -0.1) is 0 Å². The van der Waals surface area contributed by atoms with Gasteiger partial charge >= 0.3 is 0 Å². The molecular formula is C22H26N3O. The van der Waals surface area contributed by atoms with Gasteiger partial charge in [0.2, 0.25) is 0 Å². The maximum absolute atomic E-state index is 5.50. The molecule has 0 atom stereocenters. The van der Waals surface area contributed by atoms with Crippen LogP contribution in [0.4, 0.5) is 0 Å². The lowest BCUT2D eigenvalue weighted by molar-refractivity contribution is 0.320. The van der Waals surface area contributed by atoms with E-state index in [1.807, 2.05) is 25.3 Å². The van der Waals surface area contributed by atoms with Gasteiger partial charge in [-0.2, -0.15) is 0 Å². The molecule has 1 radical (unpaired) electrons. The molecule has 0 amide bonds. The van der Waals surface area contributed by atoms with Gasteiger partial charge in [-0.25, -0.2) is 4.98 Å². The Morgan fingerprint density at radius 1 is 1.19 bits per heavy atom. The van der Waals surface area contributed by atoms with Crippen LogP contribution in [-0.4, -0.2) is 21.1 Å². The highest BCUT2D eigenvalue weighted by Gasteiger charge is 2.18. The van der Waals surface area contributed by atoms with E-state index >= 15 is 0 Å². The van der Waals surface area contributed by atoms with E-state index in [4.69, 9.17) is 4.74 Å². The first kappa shape index (κ1) is 17.1. The maximum Gasteiger partial charge on any atom is 0.140 e. The molecule has 1 saturated carbocycles. The van der Waals surface area contributed by atoms with E-state index in [0.717, 1.165) is 36.0 Å². The summed E-state index contributed by atoms with van der Waals surface area (Å²) in [4.78, 5) is 9.20. The summed E-state index contributed by atoms with van der Waals surface area (Å²) in [5, 5.41) is 1.17. The Bertz CT molecular complexity index is 847. The van der Waals surface area contributed by atoms with Crippen molar-refractivity contribution in [2.45, 2.75) is 52.0 Å². The first-order valence-electron chi connectivity index (χ1n) is 9.75. The molecule has 0 aromatic carbocycles. The van der Waals surface area contributed by atoms with Gasteiger partial charge in [0.25, 0.3) is 0 Å². The van der Waals surface area contributed by atoms with E-state index in [0.29, 0.717) is 6.61 Å². The Balaban J connectivity index is 1.61. The number of ether oxygens (including phenoxy) is 1. The fraction of sp³-hybridized carbons (Fsp3) is 0.455. The van der Waals surface area contributed by atoms with Crippen molar-refractivity contribution < 1.29 is 4.74 Å². The second kappa shape index (κ2) is 7.90. The summed E-state index contributed by atoms with van der Waals surface area (Å²) in [7, 11) is 0. The molecule has 0 spiro atoms. The van der Waals surface area contributed by atoms with Gasteiger partial charge in [0.1, 0.15) is 11.4 Å². The van der Waals surface area contributed by atoms with Crippen molar-refractivity contribution in [3.05, 3.63) is 54.1 Å². The zero-order chi connectivity index (χ0) is 17.8. The van der Waals surface area contributed by atoms with Crippen LogP contribution in [0.1, 0.15) is 50.4 Å². The van der Waals surface area contributed by atoms with Gasteiger partial charge in [-0.05, 0) is 49.9 Å². The van der Waals surface area contributed by atoms with Crippen LogP contribution in [0.25, 0.3) is 11.0 Å². The molecule has 0 saturated heterocycles. The molecule has 4 nitrogen and oxygen atoms in total. The third-order valence-corrected chi connectivity index (χ3v) is 5.32. The monoisotopic (exact) mass is 348 g/mol. The van der Waals surface area contributed by atoms with Gasteiger partial charge in [0.15, 0.2) is 0 Å². The molecule has 3 aromatic heterocycles. The second-order valence-corrected chi connectivity index (χ2v) is 7.19. The quantitative estimate of drug-likeness (QED) is 0.642. The summed E-state index contributed by atoms with van der Waals surface area (Å²) in [5.41, 5.74) is 3.43. The van der Waals surface area contributed by atoms with Crippen LogP contribution < -0.4 is 4.74 Å². The fourth-order valence-corrected chi connectivity index (χ4v) is 4.02. The molecule has 0 bridgehead atoms. The molecule has 1 fully saturated rings. The van der Waals surface area contributed by atoms with E-state index in [-0.39, 0.29) is 0 Å². The summed E-state index contributed by atoms with van der Waals surface area (Å²) < 4.78 is 7.92. The highest BCUT2D eigenvalue weighted by molar-refractivity contribution is 5.77. The van der Waals surface area contributed by atoms with E-state index in [2.05, 4.69) is 32.7 Å². The number of hydrogen-bond donors (Lipinski definition) is 0. The van der Waals surface area contributed by atoms with Crippen LogP contribution in [0.15, 0.2) is 36.7 Å². The summed E-state index contributed by atoms with van der Waals surface area (Å²) in [6.07, 6.45) is 11.2. The minimum atomic E-state index is 0.666. The Labute approximate surface area is 155 Å². The minimum Gasteiger partial charge on any atom is -0.492 e. The summed E-state index contributed by atoms with van der Waals surface area (Å²) >= 11 is 0. The number of hydrogen-bond acceptors (Lipinski definition) is 3. The van der Waals surface area contributed by atoms with E-state index < -0.39 is 0 Å². The fourth-order valence-electron chi connectivity index (χ4n) is 4.02. The molecule has 1 aliphatic rings. The van der Waals surface area contributed by atoms with Crippen LogP contribution in [-0.2, 0) is 13.0 Å².